The Morgan fingerprint density at radius 1 is 1.33 bits per heavy atom. The number of fused-ring (bicyclic) bond motifs is 1. The van der Waals surface area contributed by atoms with E-state index in [0.717, 1.165) is 28.9 Å². The second kappa shape index (κ2) is 4.21. The second-order valence-corrected chi connectivity index (χ2v) is 4.91. The Bertz CT molecular complexity index is 562. The van der Waals surface area contributed by atoms with Gasteiger partial charge in [0.15, 0.2) is 0 Å². The molecule has 1 aromatic carbocycles. The van der Waals surface area contributed by atoms with E-state index < -0.39 is 6.10 Å². The summed E-state index contributed by atoms with van der Waals surface area (Å²) in [6, 6.07) is 6.51. The zero-order chi connectivity index (χ0) is 12.7. The van der Waals surface area contributed by atoms with Crippen molar-refractivity contribution in [3.63, 3.8) is 0 Å². The molecule has 0 spiro atoms. The van der Waals surface area contributed by atoms with Crippen molar-refractivity contribution in [2.24, 2.45) is 0 Å². The number of nitrogens with one attached hydrogen (secondary N) is 1. The monoisotopic (exact) mass is 246 g/mol. The Morgan fingerprint density at radius 2 is 2.06 bits per heavy atom. The summed E-state index contributed by atoms with van der Waals surface area (Å²) < 4.78 is 12.9. The van der Waals surface area contributed by atoms with E-state index in [1.807, 2.05) is 6.92 Å². The molecule has 0 aliphatic heterocycles. The Hall–Kier alpha value is -1.68. The first-order valence-corrected chi connectivity index (χ1v) is 6.12. The standard InChI is InChI=1S/C14H15FN2O/c1-8-14-12(17-16-8)6-10(7-13(14)18)9-2-4-11(15)5-3-9/h2-5,10,13,18H,6-7H2,1H3,(H,16,17). The third-order valence-electron chi connectivity index (χ3n) is 3.70. The zero-order valence-corrected chi connectivity index (χ0v) is 10.2. The fraction of sp³-hybridized carbons (Fsp3) is 0.357. The number of hydrogen-bond donors (Lipinski definition) is 2. The van der Waals surface area contributed by atoms with Crippen LogP contribution in [0.1, 0.15) is 41.0 Å². The molecule has 3 nitrogen and oxygen atoms in total. The number of halogens is 1. The van der Waals surface area contributed by atoms with Crippen LogP contribution in [-0.4, -0.2) is 15.3 Å². The van der Waals surface area contributed by atoms with Crippen LogP contribution in [0.25, 0.3) is 0 Å². The van der Waals surface area contributed by atoms with Crippen LogP contribution in [-0.2, 0) is 6.42 Å². The largest absolute Gasteiger partial charge is 0.388 e. The van der Waals surface area contributed by atoms with Crippen molar-refractivity contribution < 1.29 is 9.50 Å². The lowest BCUT2D eigenvalue weighted by Gasteiger charge is -2.26. The molecule has 18 heavy (non-hydrogen) atoms. The van der Waals surface area contributed by atoms with Gasteiger partial charge in [-0.2, -0.15) is 5.10 Å². The van der Waals surface area contributed by atoms with Gasteiger partial charge in [0.05, 0.1) is 11.8 Å². The van der Waals surface area contributed by atoms with Gasteiger partial charge in [-0.15, -0.1) is 0 Å². The maximum absolute atomic E-state index is 12.9. The van der Waals surface area contributed by atoms with Crippen molar-refractivity contribution in [2.45, 2.75) is 31.8 Å². The smallest absolute Gasteiger partial charge is 0.123 e. The average molecular weight is 246 g/mol. The van der Waals surface area contributed by atoms with Gasteiger partial charge in [-0.05, 0) is 43.4 Å². The summed E-state index contributed by atoms with van der Waals surface area (Å²) in [5.41, 5.74) is 3.87. The van der Waals surface area contributed by atoms with E-state index in [4.69, 9.17) is 0 Å². The van der Waals surface area contributed by atoms with Crippen LogP contribution in [0.5, 0.6) is 0 Å². The highest BCUT2D eigenvalue weighted by molar-refractivity contribution is 5.34. The van der Waals surface area contributed by atoms with Crippen molar-refractivity contribution in [2.75, 3.05) is 0 Å². The van der Waals surface area contributed by atoms with Crippen LogP contribution < -0.4 is 0 Å². The van der Waals surface area contributed by atoms with Crippen molar-refractivity contribution in [1.29, 1.82) is 0 Å². The number of hydrogen-bond acceptors (Lipinski definition) is 2. The first-order valence-electron chi connectivity index (χ1n) is 6.12. The first-order chi connectivity index (χ1) is 8.65. The summed E-state index contributed by atoms with van der Waals surface area (Å²) in [7, 11) is 0. The van der Waals surface area contributed by atoms with Gasteiger partial charge in [-0.25, -0.2) is 4.39 Å². The lowest BCUT2D eigenvalue weighted by atomic mass is 9.81. The van der Waals surface area contributed by atoms with Crippen LogP contribution in [0, 0.1) is 12.7 Å². The van der Waals surface area contributed by atoms with Crippen LogP contribution in [0.3, 0.4) is 0 Å². The van der Waals surface area contributed by atoms with Gasteiger partial charge < -0.3 is 5.11 Å². The summed E-state index contributed by atoms with van der Waals surface area (Å²) in [5, 5.41) is 17.3. The molecule has 0 bridgehead atoms. The molecule has 2 unspecified atom stereocenters. The molecule has 94 valence electrons. The van der Waals surface area contributed by atoms with Crippen molar-refractivity contribution in [1.82, 2.24) is 10.2 Å². The molecule has 3 rings (SSSR count). The number of aliphatic hydroxyl groups excluding tert-OH is 1. The molecule has 2 aromatic rings. The fourth-order valence-electron chi connectivity index (χ4n) is 2.78. The highest BCUT2D eigenvalue weighted by atomic mass is 19.1. The lowest BCUT2D eigenvalue weighted by Crippen LogP contribution is -2.17. The van der Waals surface area contributed by atoms with E-state index in [0.29, 0.717) is 6.42 Å². The second-order valence-electron chi connectivity index (χ2n) is 4.91. The number of H-pyrrole nitrogens is 1. The normalized spacial score (nSPS) is 22.8. The van der Waals surface area contributed by atoms with Gasteiger partial charge in [0, 0.05) is 11.3 Å². The Labute approximate surface area is 105 Å². The number of aromatic nitrogens is 2. The minimum atomic E-state index is -0.484. The highest BCUT2D eigenvalue weighted by Crippen LogP contribution is 2.38. The molecule has 0 radical (unpaired) electrons. The Kier molecular flexibility index (Phi) is 2.67. The molecule has 2 N–H and O–H groups in total. The van der Waals surface area contributed by atoms with E-state index in [-0.39, 0.29) is 11.7 Å². The molecule has 1 aliphatic carbocycles. The number of aromatic amines is 1. The topological polar surface area (TPSA) is 48.9 Å². The minimum absolute atomic E-state index is 0.204. The third-order valence-corrected chi connectivity index (χ3v) is 3.70. The van der Waals surface area contributed by atoms with E-state index in [9.17, 15) is 9.50 Å². The Balaban J connectivity index is 1.92. The predicted molar refractivity (Wildman–Crippen MR) is 65.7 cm³/mol. The summed E-state index contributed by atoms with van der Waals surface area (Å²) in [5.74, 6) is -0.0257. The summed E-state index contributed by atoms with van der Waals surface area (Å²) in [6.07, 6.45) is 0.976. The molecule has 0 amide bonds. The Morgan fingerprint density at radius 3 is 2.78 bits per heavy atom. The SMILES string of the molecule is Cc1[nH]nc2c1C(O)CC(c1ccc(F)cc1)C2. The molecular formula is C14H15FN2O. The van der Waals surface area contributed by atoms with E-state index >= 15 is 0 Å². The molecule has 1 aromatic heterocycles. The highest BCUT2D eigenvalue weighted by Gasteiger charge is 2.30. The van der Waals surface area contributed by atoms with Gasteiger partial charge in [0.25, 0.3) is 0 Å². The number of nitrogens with zero attached hydrogens (tertiary/aromatic N) is 1. The van der Waals surface area contributed by atoms with Gasteiger partial charge in [0.1, 0.15) is 5.82 Å². The quantitative estimate of drug-likeness (QED) is 0.812. The van der Waals surface area contributed by atoms with Crippen LogP contribution in [0.4, 0.5) is 4.39 Å². The minimum Gasteiger partial charge on any atom is -0.388 e. The lowest BCUT2D eigenvalue weighted by molar-refractivity contribution is 0.147. The van der Waals surface area contributed by atoms with Crippen LogP contribution >= 0.6 is 0 Å². The van der Waals surface area contributed by atoms with E-state index in [2.05, 4.69) is 10.2 Å². The molecule has 0 fully saturated rings. The van der Waals surface area contributed by atoms with Crippen molar-refractivity contribution >= 4 is 0 Å². The summed E-state index contributed by atoms with van der Waals surface area (Å²) in [6.45, 7) is 1.92. The molecule has 1 heterocycles. The maximum atomic E-state index is 12.9. The number of rotatable bonds is 1. The first kappa shape index (κ1) is 11.4. The molecule has 1 aliphatic rings. The fourth-order valence-corrected chi connectivity index (χ4v) is 2.78. The van der Waals surface area contributed by atoms with Crippen molar-refractivity contribution in [3.8, 4) is 0 Å². The van der Waals surface area contributed by atoms with Gasteiger partial charge >= 0.3 is 0 Å². The summed E-state index contributed by atoms with van der Waals surface area (Å²) in [4.78, 5) is 0. The summed E-state index contributed by atoms with van der Waals surface area (Å²) >= 11 is 0. The average Bonchev–Trinajstić information content (AvgIpc) is 2.72. The number of aryl methyl sites for hydroxylation is 1. The molecular weight excluding hydrogens is 231 g/mol. The zero-order valence-electron chi connectivity index (χ0n) is 10.2. The van der Waals surface area contributed by atoms with Crippen LogP contribution in [0.2, 0.25) is 0 Å². The molecule has 0 saturated heterocycles. The van der Waals surface area contributed by atoms with Gasteiger partial charge in [-0.3, -0.25) is 5.10 Å². The van der Waals surface area contributed by atoms with E-state index in [1.165, 1.54) is 12.1 Å². The maximum Gasteiger partial charge on any atom is 0.123 e. The molecule has 2 atom stereocenters. The number of benzene rings is 1. The van der Waals surface area contributed by atoms with Crippen LogP contribution in [0.15, 0.2) is 24.3 Å². The van der Waals surface area contributed by atoms with Gasteiger partial charge in [-0.1, -0.05) is 12.1 Å². The number of aliphatic hydroxyl groups is 1. The van der Waals surface area contributed by atoms with Gasteiger partial charge in [0.2, 0.25) is 0 Å². The predicted octanol–water partition coefficient (Wildman–Crippen LogP) is 2.62. The van der Waals surface area contributed by atoms with E-state index in [1.54, 1.807) is 12.1 Å². The molecule has 4 heteroatoms. The third kappa shape index (κ3) is 1.82. The van der Waals surface area contributed by atoms with Crippen molar-refractivity contribution in [3.05, 3.63) is 52.6 Å². The molecule has 0 saturated carbocycles.